The Morgan fingerprint density at radius 1 is 1.10 bits per heavy atom. The molecular formula is C19H38N2. The molecule has 1 saturated carbocycles. The van der Waals surface area contributed by atoms with Gasteiger partial charge in [-0.3, -0.25) is 0 Å². The van der Waals surface area contributed by atoms with Gasteiger partial charge in [0.2, 0.25) is 0 Å². The Hall–Kier alpha value is -0.0800. The average molecular weight is 295 g/mol. The third-order valence-electron chi connectivity index (χ3n) is 5.98. The summed E-state index contributed by atoms with van der Waals surface area (Å²) in [5.74, 6) is 1.85. The van der Waals surface area contributed by atoms with E-state index in [0.29, 0.717) is 5.41 Å². The van der Waals surface area contributed by atoms with E-state index < -0.39 is 0 Å². The molecule has 0 aromatic rings. The van der Waals surface area contributed by atoms with E-state index in [1.165, 1.54) is 84.1 Å². The predicted octanol–water partition coefficient (Wildman–Crippen LogP) is 4.30. The van der Waals surface area contributed by atoms with Crippen molar-refractivity contribution in [2.75, 3.05) is 32.7 Å². The van der Waals surface area contributed by atoms with Crippen molar-refractivity contribution in [3.8, 4) is 0 Å². The molecule has 0 unspecified atom stereocenters. The maximum absolute atomic E-state index is 3.74. The smallest absolute Gasteiger partial charge is 0.00501 e. The normalized spacial score (nSPS) is 24.6. The molecule has 2 aliphatic rings. The number of nitrogens with zero attached hydrogens (tertiary/aromatic N) is 1. The summed E-state index contributed by atoms with van der Waals surface area (Å²) in [6, 6.07) is 0. The molecule has 0 bridgehead atoms. The van der Waals surface area contributed by atoms with Crippen LogP contribution in [0.3, 0.4) is 0 Å². The maximum atomic E-state index is 3.74. The second kappa shape index (κ2) is 8.53. The van der Waals surface area contributed by atoms with Crippen LogP contribution in [0.15, 0.2) is 0 Å². The first kappa shape index (κ1) is 17.3. The Balaban J connectivity index is 1.84. The first-order valence-electron chi connectivity index (χ1n) is 9.58. The summed E-state index contributed by atoms with van der Waals surface area (Å²) in [5, 5.41) is 3.74. The molecule has 1 saturated heterocycles. The highest BCUT2D eigenvalue weighted by Crippen LogP contribution is 2.37. The molecule has 2 rings (SSSR count). The molecule has 2 fully saturated rings. The number of hydrogen-bond acceptors (Lipinski definition) is 2. The van der Waals surface area contributed by atoms with E-state index in [0.717, 1.165) is 11.8 Å². The fraction of sp³-hybridized carbons (Fsp3) is 1.00. The van der Waals surface area contributed by atoms with Crippen LogP contribution >= 0.6 is 0 Å². The minimum atomic E-state index is 0.581. The molecule has 1 heterocycles. The van der Waals surface area contributed by atoms with Crippen molar-refractivity contribution < 1.29 is 0 Å². The van der Waals surface area contributed by atoms with Crippen LogP contribution in [0.1, 0.15) is 72.1 Å². The van der Waals surface area contributed by atoms with Crippen LogP contribution in [0.2, 0.25) is 0 Å². The molecule has 0 spiro atoms. The second-order valence-corrected chi connectivity index (χ2v) is 8.10. The topological polar surface area (TPSA) is 15.3 Å². The summed E-state index contributed by atoms with van der Waals surface area (Å²) in [7, 11) is 0. The molecule has 1 aliphatic carbocycles. The van der Waals surface area contributed by atoms with Crippen LogP contribution in [0, 0.1) is 17.3 Å². The Bertz CT molecular complexity index is 273. The van der Waals surface area contributed by atoms with Crippen LogP contribution in [0.5, 0.6) is 0 Å². The van der Waals surface area contributed by atoms with Crippen molar-refractivity contribution in [2.45, 2.75) is 72.1 Å². The molecule has 1 aliphatic heterocycles. The van der Waals surface area contributed by atoms with E-state index in [1.807, 2.05) is 0 Å². The van der Waals surface area contributed by atoms with Gasteiger partial charge in [0.1, 0.15) is 0 Å². The average Bonchev–Trinajstić information content (AvgIpc) is 2.49. The van der Waals surface area contributed by atoms with Gasteiger partial charge in [0.05, 0.1) is 0 Å². The lowest BCUT2D eigenvalue weighted by Crippen LogP contribution is -2.48. The first-order chi connectivity index (χ1) is 10.2. The van der Waals surface area contributed by atoms with Gasteiger partial charge in [0.25, 0.3) is 0 Å². The lowest BCUT2D eigenvalue weighted by Gasteiger charge is -2.44. The summed E-state index contributed by atoms with van der Waals surface area (Å²) in [4.78, 5) is 2.79. The third-order valence-corrected chi connectivity index (χ3v) is 5.98. The first-order valence-corrected chi connectivity index (χ1v) is 9.58. The predicted molar refractivity (Wildman–Crippen MR) is 92.7 cm³/mol. The molecule has 0 amide bonds. The van der Waals surface area contributed by atoms with E-state index >= 15 is 0 Å². The standard InChI is InChI=1S/C19H38N2/c1-4-12-20-15-19(10-6-5-7-11-19)16-21-13-8-18(9-14-21)17(2)3/h17-18,20H,4-16H2,1-3H3. The summed E-state index contributed by atoms with van der Waals surface area (Å²) in [5.41, 5.74) is 0.581. The highest BCUT2D eigenvalue weighted by molar-refractivity contribution is 4.89. The highest BCUT2D eigenvalue weighted by atomic mass is 15.1. The van der Waals surface area contributed by atoms with Gasteiger partial charge < -0.3 is 10.2 Å². The third kappa shape index (κ3) is 5.25. The van der Waals surface area contributed by atoms with E-state index in [9.17, 15) is 0 Å². The van der Waals surface area contributed by atoms with Gasteiger partial charge in [-0.1, -0.05) is 40.0 Å². The van der Waals surface area contributed by atoms with Crippen molar-refractivity contribution >= 4 is 0 Å². The number of hydrogen-bond donors (Lipinski definition) is 1. The van der Waals surface area contributed by atoms with Gasteiger partial charge in [-0.2, -0.15) is 0 Å². The van der Waals surface area contributed by atoms with E-state index in [2.05, 4.69) is 31.0 Å². The maximum Gasteiger partial charge on any atom is 0.00501 e. The summed E-state index contributed by atoms with van der Waals surface area (Å²) in [6.07, 6.45) is 11.4. The zero-order chi connectivity index (χ0) is 15.1. The number of rotatable bonds is 7. The lowest BCUT2D eigenvalue weighted by molar-refractivity contribution is 0.0707. The van der Waals surface area contributed by atoms with E-state index in [1.54, 1.807) is 0 Å². The van der Waals surface area contributed by atoms with Crippen LogP contribution in [0.4, 0.5) is 0 Å². The van der Waals surface area contributed by atoms with Gasteiger partial charge in [0, 0.05) is 13.1 Å². The monoisotopic (exact) mass is 294 g/mol. The molecule has 2 heteroatoms. The molecule has 0 aromatic carbocycles. The Morgan fingerprint density at radius 3 is 2.33 bits per heavy atom. The quantitative estimate of drug-likeness (QED) is 0.704. The van der Waals surface area contributed by atoms with Crippen LogP contribution in [-0.4, -0.2) is 37.6 Å². The van der Waals surface area contributed by atoms with Gasteiger partial charge in [-0.05, 0) is 69.0 Å². The minimum absolute atomic E-state index is 0.581. The van der Waals surface area contributed by atoms with Gasteiger partial charge in [0.15, 0.2) is 0 Å². The SMILES string of the molecule is CCCNCC1(CN2CCC(C(C)C)CC2)CCCCC1. The van der Waals surface area contributed by atoms with Crippen molar-refractivity contribution in [2.24, 2.45) is 17.3 Å². The van der Waals surface area contributed by atoms with E-state index in [4.69, 9.17) is 0 Å². The lowest BCUT2D eigenvalue weighted by atomic mass is 9.73. The largest absolute Gasteiger partial charge is 0.316 e. The van der Waals surface area contributed by atoms with Crippen molar-refractivity contribution in [3.05, 3.63) is 0 Å². The van der Waals surface area contributed by atoms with Crippen molar-refractivity contribution in [1.82, 2.24) is 10.2 Å². The van der Waals surface area contributed by atoms with Gasteiger partial charge >= 0.3 is 0 Å². The number of likely N-dealkylation sites (tertiary alicyclic amines) is 1. The Kier molecular flexibility index (Phi) is 7.01. The fourth-order valence-electron chi connectivity index (χ4n) is 4.47. The highest BCUT2D eigenvalue weighted by Gasteiger charge is 2.34. The molecule has 21 heavy (non-hydrogen) atoms. The molecule has 0 aromatic heterocycles. The van der Waals surface area contributed by atoms with Crippen LogP contribution in [-0.2, 0) is 0 Å². The Morgan fingerprint density at radius 2 is 1.76 bits per heavy atom. The Labute approximate surface area is 133 Å². The molecule has 124 valence electrons. The summed E-state index contributed by atoms with van der Waals surface area (Å²) >= 11 is 0. The van der Waals surface area contributed by atoms with E-state index in [-0.39, 0.29) is 0 Å². The fourth-order valence-corrected chi connectivity index (χ4v) is 4.47. The number of nitrogens with one attached hydrogen (secondary N) is 1. The van der Waals surface area contributed by atoms with Crippen molar-refractivity contribution in [1.29, 1.82) is 0 Å². The van der Waals surface area contributed by atoms with Gasteiger partial charge in [-0.25, -0.2) is 0 Å². The molecule has 0 radical (unpaired) electrons. The zero-order valence-electron chi connectivity index (χ0n) is 14.8. The van der Waals surface area contributed by atoms with Crippen LogP contribution < -0.4 is 5.32 Å². The second-order valence-electron chi connectivity index (χ2n) is 8.10. The summed E-state index contributed by atoms with van der Waals surface area (Å²) in [6.45, 7) is 13.6. The minimum Gasteiger partial charge on any atom is -0.316 e. The van der Waals surface area contributed by atoms with Crippen LogP contribution in [0.25, 0.3) is 0 Å². The molecule has 0 atom stereocenters. The molecular weight excluding hydrogens is 256 g/mol. The van der Waals surface area contributed by atoms with Crippen molar-refractivity contribution in [3.63, 3.8) is 0 Å². The van der Waals surface area contributed by atoms with Gasteiger partial charge in [-0.15, -0.1) is 0 Å². The summed E-state index contributed by atoms with van der Waals surface area (Å²) < 4.78 is 0. The number of piperidine rings is 1. The zero-order valence-corrected chi connectivity index (χ0v) is 14.8. The molecule has 1 N–H and O–H groups in total. The molecule has 2 nitrogen and oxygen atoms in total.